The van der Waals surface area contributed by atoms with Crippen LogP contribution in [0.5, 0.6) is 0 Å². The smallest absolute Gasteiger partial charge is 0.223 e. The first-order valence-corrected chi connectivity index (χ1v) is 10.6. The minimum atomic E-state index is -0.540. The Balaban J connectivity index is 1.61. The Labute approximate surface area is 173 Å². The van der Waals surface area contributed by atoms with Gasteiger partial charge >= 0.3 is 0 Å². The second-order valence-corrected chi connectivity index (χ2v) is 9.15. The molecule has 4 heteroatoms. The topological polar surface area (TPSA) is 35.6 Å². The molecule has 0 saturated carbocycles. The molecule has 3 heterocycles. The number of anilines is 2. The highest BCUT2D eigenvalue weighted by Gasteiger charge is 2.57. The van der Waals surface area contributed by atoms with Crippen molar-refractivity contribution in [1.82, 2.24) is 5.32 Å². The maximum atomic E-state index is 12.6. The van der Waals surface area contributed by atoms with E-state index in [0.717, 1.165) is 6.54 Å². The summed E-state index contributed by atoms with van der Waals surface area (Å²) in [6.07, 6.45) is 5.14. The van der Waals surface area contributed by atoms with Crippen LogP contribution in [0.25, 0.3) is 0 Å². The lowest BCUT2D eigenvalue weighted by Crippen LogP contribution is -2.68. The van der Waals surface area contributed by atoms with Gasteiger partial charge in [0.05, 0.1) is 0 Å². The third kappa shape index (κ3) is 2.35. The van der Waals surface area contributed by atoms with Gasteiger partial charge in [0.15, 0.2) is 0 Å². The Kier molecular flexibility index (Phi) is 3.86. The van der Waals surface area contributed by atoms with E-state index in [1.165, 1.54) is 22.5 Å². The molecule has 1 amide bonds. The largest absolute Gasteiger partial charge is 0.371 e. The number of hydrogen-bond donors (Lipinski definition) is 1. The third-order valence-corrected chi connectivity index (χ3v) is 7.49. The van der Waals surface area contributed by atoms with Crippen LogP contribution < -0.4 is 15.1 Å². The van der Waals surface area contributed by atoms with E-state index in [4.69, 9.17) is 0 Å². The van der Waals surface area contributed by atoms with Crippen molar-refractivity contribution in [1.29, 1.82) is 0 Å². The summed E-state index contributed by atoms with van der Waals surface area (Å²) in [6, 6.07) is 17.6. The number of nitrogens with one attached hydrogen (secondary N) is 1. The molecule has 29 heavy (non-hydrogen) atoms. The van der Waals surface area contributed by atoms with Crippen LogP contribution >= 0.6 is 0 Å². The van der Waals surface area contributed by atoms with Gasteiger partial charge in [-0.25, -0.2) is 0 Å². The Morgan fingerprint density at radius 2 is 1.76 bits per heavy atom. The third-order valence-electron chi connectivity index (χ3n) is 7.49. The maximum absolute atomic E-state index is 12.6. The lowest BCUT2D eigenvalue weighted by atomic mass is 9.74. The molecular weight excluding hydrogens is 358 g/mol. The summed E-state index contributed by atoms with van der Waals surface area (Å²) in [7, 11) is 2.17. The summed E-state index contributed by atoms with van der Waals surface area (Å²) < 4.78 is 0. The van der Waals surface area contributed by atoms with Gasteiger partial charge < -0.3 is 15.1 Å². The lowest BCUT2D eigenvalue weighted by molar-refractivity contribution is -0.124. The number of rotatable bonds is 2. The van der Waals surface area contributed by atoms with Crippen LogP contribution in [0.3, 0.4) is 0 Å². The maximum Gasteiger partial charge on any atom is 0.223 e. The normalized spacial score (nSPS) is 29.6. The molecule has 3 atom stereocenters. The number of hydrogen-bond acceptors (Lipinski definition) is 3. The van der Waals surface area contributed by atoms with E-state index >= 15 is 0 Å². The standard InChI is InChI=1S/C25H29N3O/c1-17-18(19-9-5-7-11-21(19)27(17)4)13-15-25-24(2,3)20-10-6-8-12-22(20)28(25)16-14-23(29)26-25/h5-13,15,17-18H,14,16H2,1-4H3,(H,26,29)/b15-13+. The van der Waals surface area contributed by atoms with Crippen molar-refractivity contribution in [2.75, 3.05) is 23.4 Å². The molecule has 0 bridgehead atoms. The summed E-state index contributed by atoms with van der Waals surface area (Å²) >= 11 is 0. The Morgan fingerprint density at radius 1 is 1.07 bits per heavy atom. The molecule has 0 radical (unpaired) electrons. The average Bonchev–Trinajstić information content (AvgIpc) is 3.07. The molecule has 2 aromatic carbocycles. The fraction of sp³-hybridized carbons (Fsp3) is 0.400. The fourth-order valence-corrected chi connectivity index (χ4v) is 5.64. The second-order valence-electron chi connectivity index (χ2n) is 9.15. The molecule has 3 unspecified atom stereocenters. The summed E-state index contributed by atoms with van der Waals surface area (Å²) in [5, 5.41) is 3.39. The van der Waals surface area contributed by atoms with Crippen LogP contribution in [0, 0.1) is 0 Å². The summed E-state index contributed by atoms with van der Waals surface area (Å²) in [6.45, 7) is 7.52. The molecule has 3 aliphatic heterocycles. The fourth-order valence-electron chi connectivity index (χ4n) is 5.64. The zero-order valence-corrected chi connectivity index (χ0v) is 17.6. The van der Waals surface area contributed by atoms with Crippen LogP contribution in [-0.2, 0) is 10.2 Å². The van der Waals surface area contributed by atoms with E-state index < -0.39 is 5.66 Å². The Hall–Kier alpha value is -2.75. The molecule has 1 fully saturated rings. The average molecular weight is 388 g/mol. The van der Waals surface area contributed by atoms with E-state index in [0.29, 0.717) is 18.4 Å². The van der Waals surface area contributed by atoms with Gasteiger partial charge in [0.2, 0.25) is 5.91 Å². The molecule has 3 aliphatic rings. The highest BCUT2D eigenvalue weighted by Crippen LogP contribution is 2.52. The molecule has 150 valence electrons. The van der Waals surface area contributed by atoms with Crippen molar-refractivity contribution < 1.29 is 4.79 Å². The molecule has 0 aliphatic carbocycles. The van der Waals surface area contributed by atoms with E-state index in [-0.39, 0.29) is 11.3 Å². The number of nitrogens with zero attached hydrogens (tertiary/aromatic N) is 2. The zero-order chi connectivity index (χ0) is 20.4. The number of carbonyl (C=O) groups is 1. The predicted molar refractivity (Wildman–Crippen MR) is 118 cm³/mol. The minimum Gasteiger partial charge on any atom is -0.371 e. The van der Waals surface area contributed by atoms with Gasteiger partial charge in [0, 0.05) is 48.8 Å². The van der Waals surface area contributed by atoms with Crippen molar-refractivity contribution in [2.24, 2.45) is 0 Å². The van der Waals surface area contributed by atoms with E-state index in [1.807, 2.05) is 0 Å². The van der Waals surface area contributed by atoms with E-state index in [1.54, 1.807) is 0 Å². The first-order valence-electron chi connectivity index (χ1n) is 10.6. The van der Waals surface area contributed by atoms with Crippen molar-refractivity contribution in [3.63, 3.8) is 0 Å². The molecule has 0 aromatic heterocycles. The van der Waals surface area contributed by atoms with Crippen molar-refractivity contribution in [3.05, 3.63) is 71.8 Å². The lowest BCUT2D eigenvalue weighted by Gasteiger charge is -2.49. The SMILES string of the molecule is CC1C(/C=C/C23NC(=O)CCN2c2ccccc2C3(C)C)c2ccccc2N1C. The number of benzene rings is 2. The quantitative estimate of drug-likeness (QED) is 0.786. The van der Waals surface area contributed by atoms with E-state index in [9.17, 15) is 4.79 Å². The summed E-state index contributed by atoms with van der Waals surface area (Å²) in [5.74, 6) is 0.425. The molecule has 5 rings (SSSR count). The van der Waals surface area contributed by atoms with Gasteiger partial charge in [-0.3, -0.25) is 4.79 Å². The van der Waals surface area contributed by atoms with Crippen LogP contribution in [0.15, 0.2) is 60.7 Å². The molecule has 2 aromatic rings. The van der Waals surface area contributed by atoms with Gasteiger partial charge in [0.1, 0.15) is 5.66 Å². The first kappa shape index (κ1) is 18.3. The molecule has 1 N–H and O–H groups in total. The minimum absolute atomic E-state index is 0.128. The monoisotopic (exact) mass is 387 g/mol. The van der Waals surface area contributed by atoms with E-state index in [2.05, 4.69) is 104 Å². The molecule has 0 spiro atoms. The van der Waals surface area contributed by atoms with Crippen LogP contribution in [-0.4, -0.2) is 31.2 Å². The van der Waals surface area contributed by atoms with Crippen LogP contribution in [0.1, 0.15) is 44.2 Å². The summed E-state index contributed by atoms with van der Waals surface area (Å²) in [5.41, 5.74) is 4.41. The van der Waals surface area contributed by atoms with Crippen LogP contribution in [0.4, 0.5) is 11.4 Å². The number of para-hydroxylation sites is 2. The number of carbonyl (C=O) groups excluding carboxylic acids is 1. The Morgan fingerprint density at radius 3 is 2.55 bits per heavy atom. The molecular formula is C25H29N3O. The van der Waals surface area contributed by atoms with Gasteiger partial charge in [-0.15, -0.1) is 0 Å². The van der Waals surface area contributed by atoms with Gasteiger partial charge in [0.25, 0.3) is 0 Å². The van der Waals surface area contributed by atoms with Gasteiger partial charge in [-0.1, -0.05) is 56.3 Å². The van der Waals surface area contributed by atoms with Crippen molar-refractivity contribution >= 4 is 17.3 Å². The Bertz CT molecular complexity index is 1010. The first-order chi connectivity index (χ1) is 13.9. The van der Waals surface area contributed by atoms with Gasteiger partial charge in [-0.05, 0) is 36.3 Å². The number of likely N-dealkylation sites (N-methyl/N-ethyl adjacent to an activating group) is 1. The van der Waals surface area contributed by atoms with Gasteiger partial charge in [-0.2, -0.15) is 0 Å². The predicted octanol–water partition coefficient (Wildman–Crippen LogP) is 4.18. The zero-order valence-electron chi connectivity index (χ0n) is 17.6. The molecule has 4 nitrogen and oxygen atoms in total. The summed E-state index contributed by atoms with van der Waals surface area (Å²) in [4.78, 5) is 17.3. The highest BCUT2D eigenvalue weighted by atomic mass is 16.2. The van der Waals surface area contributed by atoms with Crippen molar-refractivity contribution in [3.8, 4) is 0 Å². The number of amides is 1. The number of fused-ring (bicyclic) bond motifs is 4. The molecule has 1 saturated heterocycles. The van der Waals surface area contributed by atoms with Crippen LogP contribution in [0.2, 0.25) is 0 Å². The highest BCUT2D eigenvalue weighted by molar-refractivity contribution is 5.84. The second kappa shape index (κ2) is 6.12. The van der Waals surface area contributed by atoms with Crippen molar-refractivity contribution in [2.45, 2.75) is 50.2 Å².